The maximum atomic E-state index is 12.7. The molecule has 0 unspecified atom stereocenters. The quantitative estimate of drug-likeness (QED) is 0.309. The fourth-order valence-electron chi connectivity index (χ4n) is 4.10. The van der Waals surface area contributed by atoms with Gasteiger partial charge in [0, 0.05) is 17.1 Å². The van der Waals surface area contributed by atoms with Crippen molar-refractivity contribution in [1.29, 1.82) is 5.26 Å². The summed E-state index contributed by atoms with van der Waals surface area (Å²) < 4.78 is 1.79. The number of aryl methyl sites for hydroxylation is 3. The largest absolute Gasteiger partial charge is 0.326 e. The van der Waals surface area contributed by atoms with Gasteiger partial charge >= 0.3 is 0 Å². The van der Waals surface area contributed by atoms with Gasteiger partial charge in [-0.2, -0.15) is 5.26 Å². The van der Waals surface area contributed by atoms with Gasteiger partial charge in [-0.25, -0.2) is 0 Å². The SMILES string of the molecule is C=CCn1c(CC(=O)Nc2ccc(C)c(C)c2)nnc1SCC(=O)Nc1sc2c(c1C#N)CCCC2. The second-order valence-electron chi connectivity index (χ2n) is 8.69. The summed E-state index contributed by atoms with van der Waals surface area (Å²) in [5.41, 5.74) is 4.68. The lowest BCUT2D eigenvalue weighted by Gasteiger charge is -2.10. The number of amides is 2. The second kappa shape index (κ2) is 11.5. The lowest BCUT2D eigenvalue weighted by Crippen LogP contribution is -2.18. The molecule has 3 aromatic rings. The predicted octanol–water partition coefficient (Wildman–Crippen LogP) is 4.80. The molecule has 8 nitrogen and oxygen atoms in total. The van der Waals surface area contributed by atoms with Crippen LogP contribution in [0.4, 0.5) is 10.7 Å². The molecule has 2 amide bonds. The third kappa shape index (κ3) is 5.86. The van der Waals surface area contributed by atoms with Crippen molar-refractivity contribution in [3.63, 3.8) is 0 Å². The fourth-order valence-corrected chi connectivity index (χ4v) is 6.12. The van der Waals surface area contributed by atoms with E-state index in [0.29, 0.717) is 28.1 Å². The number of benzene rings is 1. The molecule has 1 aliphatic carbocycles. The molecule has 0 saturated heterocycles. The summed E-state index contributed by atoms with van der Waals surface area (Å²) in [6.07, 6.45) is 5.80. The number of nitriles is 1. The van der Waals surface area contributed by atoms with E-state index in [-0.39, 0.29) is 24.0 Å². The van der Waals surface area contributed by atoms with Crippen molar-refractivity contribution in [3.8, 4) is 6.07 Å². The van der Waals surface area contributed by atoms with Crippen LogP contribution in [0.2, 0.25) is 0 Å². The molecule has 186 valence electrons. The zero-order valence-electron chi connectivity index (χ0n) is 20.4. The highest BCUT2D eigenvalue weighted by Crippen LogP contribution is 2.37. The maximum Gasteiger partial charge on any atom is 0.235 e. The van der Waals surface area contributed by atoms with Crippen LogP contribution >= 0.6 is 23.1 Å². The summed E-state index contributed by atoms with van der Waals surface area (Å²) in [4.78, 5) is 26.5. The number of allylic oxidation sites excluding steroid dienone is 1. The van der Waals surface area contributed by atoms with E-state index >= 15 is 0 Å². The van der Waals surface area contributed by atoms with Crippen molar-refractivity contribution in [2.45, 2.75) is 57.7 Å². The van der Waals surface area contributed by atoms with Crippen molar-refractivity contribution in [3.05, 3.63) is 63.8 Å². The van der Waals surface area contributed by atoms with Gasteiger partial charge in [0.05, 0.1) is 17.7 Å². The van der Waals surface area contributed by atoms with Gasteiger partial charge in [0.2, 0.25) is 11.8 Å². The van der Waals surface area contributed by atoms with Gasteiger partial charge in [-0.3, -0.25) is 9.59 Å². The summed E-state index contributed by atoms with van der Waals surface area (Å²) in [5.74, 6) is 0.197. The number of nitrogens with one attached hydrogen (secondary N) is 2. The molecule has 2 heterocycles. The van der Waals surface area contributed by atoms with E-state index < -0.39 is 0 Å². The van der Waals surface area contributed by atoms with Crippen LogP contribution in [0.25, 0.3) is 0 Å². The maximum absolute atomic E-state index is 12.7. The lowest BCUT2D eigenvalue weighted by atomic mass is 9.96. The first-order valence-electron chi connectivity index (χ1n) is 11.8. The number of carbonyl (C=O) groups excluding carboxylic acids is 2. The first-order chi connectivity index (χ1) is 17.4. The molecule has 2 N–H and O–H groups in total. The van der Waals surface area contributed by atoms with E-state index in [0.717, 1.165) is 48.1 Å². The Balaban J connectivity index is 1.39. The molecular weight excluding hydrogens is 492 g/mol. The highest BCUT2D eigenvalue weighted by molar-refractivity contribution is 7.99. The Bertz CT molecular complexity index is 1350. The molecule has 4 rings (SSSR count). The number of anilines is 2. The molecule has 0 spiro atoms. The standard InChI is InChI=1S/C26H28N6O2S2/c1-4-11-32-22(13-23(33)28-18-10-9-16(2)17(3)12-18)30-31-26(32)35-15-24(34)29-25-20(14-27)19-7-5-6-8-21(19)36-25/h4,9-10,12H,1,5-8,11,13,15H2,2-3H3,(H,28,33)(H,29,34). The number of rotatable bonds is 9. The number of thiophene rings is 1. The van der Waals surface area contributed by atoms with Crippen LogP contribution in [0.5, 0.6) is 0 Å². The van der Waals surface area contributed by atoms with Gasteiger partial charge in [-0.15, -0.1) is 28.1 Å². The predicted molar refractivity (Wildman–Crippen MR) is 143 cm³/mol. The van der Waals surface area contributed by atoms with Crippen LogP contribution in [0.1, 0.15) is 45.8 Å². The molecule has 0 radical (unpaired) electrons. The summed E-state index contributed by atoms with van der Waals surface area (Å²) in [7, 11) is 0. The van der Waals surface area contributed by atoms with Gasteiger partial charge in [-0.1, -0.05) is 23.9 Å². The molecule has 10 heteroatoms. The van der Waals surface area contributed by atoms with Crippen LogP contribution in [0.15, 0.2) is 36.0 Å². The van der Waals surface area contributed by atoms with E-state index in [9.17, 15) is 14.9 Å². The van der Waals surface area contributed by atoms with Gasteiger partial charge in [0.15, 0.2) is 5.16 Å². The Morgan fingerprint density at radius 3 is 2.75 bits per heavy atom. The van der Waals surface area contributed by atoms with Gasteiger partial charge in [-0.05, 0) is 68.4 Å². The highest BCUT2D eigenvalue weighted by atomic mass is 32.2. The van der Waals surface area contributed by atoms with E-state index in [1.165, 1.54) is 28.0 Å². The monoisotopic (exact) mass is 520 g/mol. The minimum Gasteiger partial charge on any atom is -0.326 e. The van der Waals surface area contributed by atoms with E-state index in [2.05, 4.69) is 33.5 Å². The van der Waals surface area contributed by atoms with Crippen molar-refractivity contribution < 1.29 is 9.59 Å². The molecule has 0 bridgehead atoms. The number of thioether (sulfide) groups is 1. The van der Waals surface area contributed by atoms with Crippen molar-refractivity contribution >= 4 is 45.6 Å². The Hall–Kier alpha value is -3.42. The van der Waals surface area contributed by atoms with Crippen LogP contribution in [-0.4, -0.2) is 32.3 Å². The molecule has 1 aliphatic rings. The zero-order chi connectivity index (χ0) is 25.7. The van der Waals surface area contributed by atoms with Crippen LogP contribution in [0, 0.1) is 25.2 Å². The van der Waals surface area contributed by atoms with E-state index in [1.54, 1.807) is 10.6 Å². The minimum atomic E-state index is -0.211. The molecule has 0 atom stereocenters. The number of aromatic nitrogens is 3. The van der Waals surface area contributed by atoms with E-state index in [1.807, 2.05) is 32.0 Å². The number of nitrogens with zero attached hydrogens (tertiary/aromatic N) is 4. The average Bonchev–Trinajstić information content (AvgIpc) is 3.40. The first kappa shape index (κ1) is 25.7. The minimum absolute atomic E-state index is 0.0484. The van der Waals surface area contributed by atoms with Crippen molar-refractivity contribution in [1.82, 2.24) is 14.8 Å². The normalized spacial score (nSPS) is 12.5. The van der Waals surface area contributed by atoms with Crippen LogP contribution < -0.4 is 10.6 Å². The zero-order valence-corrected chi connectivity index (χ0v) is 22.0. The average molecular weight is 521 g/mol. The third-order valence-corrected chi connectivity index (χ3v) is 8.26. The topological polar surface area (TPSA) is 113 Å². The fraction of sp³-hybridized carbons (Fsp3) is 0.346. The van der Waals surface area contributed by atoms with Crippen LogP contribution in [0.3, 0.4) is 0 Å². The van der Waals surface area contributed by atoms with Gasteiger partial charge < -0.3 is 15.2 Å². The summed E-state index contributed by atoms with van der Waals surface area (Å²) in [5, 5.41) is 25.0. The van der Waals surface area contributed by atoms with Crippen molar-refractivity contribution in [2.75, 3.05) is 16.4 Å². The Kier molecular flexibility index (Phi) is 8.23. The van der Waals surface area contributed by atoms with E-state index in [4.69, 9.17) is 0 Å². The Morgan fingerprint density at radius 2 is 2.00 bits per heavy atom. The summed E-state index contributed by atoms with van der Waals surface area (Å²) >= 11 is 2.74. The summed E-state index contributed by atoms with van der Waals surface area (Å²) in [6, 6.07) is 8.04. The van der Waals surface area contributed by atoms with Crippen LogP contribution in [-0.2, 0) is 35.4 Å². The molecule has 0 saturated carbocycles. The Morgan fingerprint density at radius 1 is 1.19 bits per heavy atom. The number of fused-ring (bicyclic) bond motifs is 1. The second-order valence-corrected chi connectivity index (χ2v) is 10.7. The molecule has 0 fully saturated rings. The molecule has 36 heavy (non-hydrogen) atoms. The first-order valence-corrected chi connectivity index (χ1v) is 13.6. The smallest absolute Gasteiger partial charge is 0.235 e. The Labute approximate surface area is 218 Å². The molecule has 1 aromatic carbocycles. The number of hydrogen-bond acceptors (Lipinski definition) is 7. The highest BCUT2D eigenvalue weighted by Gasteiger charge is 2.22. The molecular formula is C26H28N6O2S2. The van der Waals surface area contributed by atoms with Crippen molar-refractivity contribution in [2.24, 2.45) is 0 Å². The molecule has 0 aliphatic heterocycles. The number of carbonyl (C=O) groups is 2. The number of hydrogen-bond donors (Lipinski definition) is 2. The van der Waals surface area contributed by atoms with Gasteiger partial charge in [0.1, 0.15) is 16.9 Å². The lowest BCUT2D eigenvalue weighted by molar-refractivity contribution is -0.116. The molecule has 2 aromatic heterocycles. The van der Waals surface area contributed by atoms with Gasteiger partial charge in [0.25, 0.3) is 0 Å². The third-order valence-electron chi connectivity index (χ3n) is 6.08. The summed E-state index contributed by atoms with van der Waals surface area (Å²) in [6.45, 7) is 8.23.